The van der Waals surface area contributed by atoms with Crippen LogP contribution in [-0.4, -0.2) is 26.6 Å². The number of methoxy groups -OCH3 is 1. The van der Waals surface area contributed by atoms with Crippen LogP contribution in [0.1, 0.15) is 18.4 Å². The molecule has 0 aliphatic carbocycles. The van der Waals surface area contributed by atoms with Gasteiger partial charge in [-0.25, -0.2) is 0 Å². The van der Waals surface area contributed by atoms with Crippen molar-refractivity contribution in [2.75, 3.05) is 25.5 Å². The van der Waals surface area contributed by atoms with Crippen LogP contribution in [0.25, 0.3) is 0 Å². The van der Waals surface area contributed by atoms with Gasteiger partial charge in [0.2, 0.25) is 6.41 Å². The summed E-state index contributed by atoms with van der Waals surface area (Å²) in [5.41, 5.74) is 1.63. The highest BCUT2D eigenvalue weighted by molar-refractivity contribution is 5.74. The zero-order valence-corrected chi connectivity index (χ0v) is 10.0. The minimum Gasteiger partial charge on any atom is -0.373 e. The first-order valence-electron chi connectivity index (χ1n) is 5.88. The van der Waals surface area contributed by atoms with E-state index in [0.717, 1.165) is 37.2 Å². The number of anilines is 1. The van der Waals surface area contributed by atoms with E-state index < -0.39 is 0 Å². The fraction of sp³-hybridized carbons (Fsp3) is 0.462. The van der Waals surface area contributed by atoms with E-state index in [1.807, 2.05) is 24.3 Å². The van der Waals surface area contributed by atoms with Crippen LogP contribution in [0.5, 0.6) is 0 Å². The van der Waals surface area contributed by atoms with Gasteiger partial charge in [0.05, 0.1) is 5.60 Å². The number of amides is 1. The normalized spacial score (nSPS) is 18.6. The van der Waals surface area contributed by atoms with Crippen molar-refractivity contribution in [3.8, 4) is 0 Å². The highest BCUT2D eigenvalue weighted by Gasteiger charge is 2.35. The van der Waals surface area contributed by atoms with Gasteiger partial charge in [0.15, 0.2) is 0 Å². The van der Waals surface area contributed by atoms with Gasteiger partial charge in [0.1, 0.15) is 0 Å². The summed E-state index contributed by atoms with van der Waals surface area (Å²) in [5, 5.41) is 6.08. The molecule has 4 nitrogen and oxygen atoms in total. The smallest absolute Gasteiger partial charge is 0.211 e. The van der Waals surface area contributed by atoms with Crippen molar-refractivity contribution >= 4 is 12.1 Å². The molecule has 1 aromatic carbocycles. The highest BCUT2D eigenvalue weighted by atomic mass is 16.5. The molecule has 92 valence electrons. The third-order valence-electron chi connectivity index (χ3n) is 3.43. The summed E-state index contributed by atoms with van der Waals surface area (Å²) >= 11 is 0. The molecule has 0 radical (unpaired) electrons. The molecule has 0 unspecified atom stereocenters. The molecule has 1 aliphatic rings. The van der Waals surface area contributed by atoms with Gasteiger partial charge in [-0.3, -0.25) is 4.79 Å². The van der Waals surface area contributed by atoms with E-state index in [4.69, 9.17) is 4.74 Å². The molecule has 0 spiro atoms. The minimum atomic E-state index is -0.280. The molecule has 1 amide bonds. The fourth-order valence-corrected chi connectivity index (χ4v) is 2.48. The Balaban J connectivity index is 2.38. The van der Waals surface area contributed by atoms with Crippen molar-refractivity contribution in [1.29, 1.82) is 0 Å². The Morgan fingerprint density at radius 3 is 2.71 bits per heavy atom. The first-order valence-corrected chi connectivity index (χ1v) is 5.88. The number of rotatable bonds is 4. The second-order valence-electron chi connectivity index (χ2n) is 4.26. The summed E-state index contributed by atoms with van der Waals surface area (Å²) in [5.74, 6) is 0. The lowest BCUT2D eigenvalue weighted by Gasteiger charge is -2.37. The second-order valence-corrected chi connectivity index (χ2v) is 4.26. The summed E-state index contributed by atoms with van der Waals surface area (Å²) < 4.78 is 5.76. The topological polar surface area (TPSA) is 50.4 Å². The lowest BCUT2D eigenvalue weighted by Crippen LogP contribution is -2.41. The Morgan fingerprint density at radius 1 is 1.35 bits per heavy atom. The first kappa shape index (κ1) is 12.1. The maximum atomic E-state index is 10.6. The molecule has 0 aromatic heterocycles. The monoisotopic (exact) mass is 234 g/mol. The molecule has 4 heteroatoms. The summed E-state index contributed by atoms with van der Waals surface area (Å²) in [6.45, 7) is 1.87. The van der Waals surface area contributed by atoms with Crippen molar-refractivity contribution in [2.45, 2.75) is 18.4 Å². The summed E-state index contributed by atoms with van der Waals surface area (Å²) in [6.07, 6.45) is 2.55. The van der Waals surface area contributed by atoms with Crippen LogP contribution in [-0.2, 0) is 15.1 Å². The van der Waals surface area contributed by atoms with Crippen LogP contribution in [0.3, 0.4) is 0 Å². The van der Waals surface area contributed by atoms with Crippen LogP contribution in [0.15, 0.2) is 24.3 Å². The number of hydrogen-bond acceptors (Lipinski definition) is 3. The number of nitrogens with one attached hydrogen (secondary N) is 2. The van der Waals surface area contributed by atoms with Crippen molar-refractivity contribution in [1.82, 2.24) is 5.32 Å². The van der Waals surface area contributed by atoms with E-state index in [2.05, 4.69) is 10.6 Å². The second kappa shape index (κ2) is 5.29. The molecule has 0 atom stereocenters. The van der Waals surface area contributed by atoms with Crippen molar-refractivity contribution in [3.05, 3.63) is 29.8 Å². The predicted molar refractivity (Wildman–Crippen MR) is 66.9 cm³/mol. The largest absolute Gasteiger partial charge is 0.373 e. The van der Waals surface area contributed by atoms with Crippen LogP contribution in [0.4, 0.5) is 5.69 Å². The average Bonchev–Trinajstić information content (AvgIpc) is 2.40. The van der Waals surface area contributed by atoms with Gasteiger partial charge >= 0.3 is 0 Å². The summed E-state index contributed by atoms with van der Waals surface area (Å²) in [7, 11) is 1.74. The van der Waals surface area contributed by atoms with Crippen molar-refractivity contribution in [3.63, 3.8) is 0 Å². The molecule has 1 fully saturated rings. The quantitative estimate of drug-likeness (QED) is 0.776. The number of piperidine rings is 1. The van der Waals surface area contributed by atoms with E-state index in [1.165, 1.54) is 0 Å². The van der Waals surface area contributed by atoms with E-state index in [9.17, 15) is 4.79 Å². The predicted octanol–water partition coefficient (Wildman–Crippen LogP) is 1.48. The Kier molecular flexibility index (Phi) is 3.76. The molecule has 1 aliphatic heterocycles. The van der Waals surface area contributed by atoms with Crippen molar-refractivity contribution < 1.29 is 9.53 Å². The molecular weight excluding hydrogens is 216 g/mol. The molecule has 0 saturated carbocycles. The highest BCUT2D eigenvalue weighted by Crippen LogP contribution is 2.38. The first-order chi connectivity index (χ1) is 8.32. The van der Waals surface area contributed by atoms with Gasteiger partial charge < -0.3 is 15.4 Å². The lowest BCUT2D eigenvalue weighted by atomic mass is 9.84. The van der Waals surface area contributed by atoms with Crippen LogP contribution in [0, 0.1) is 0 Å². The van der Waals surface area contributed by atoms with E-state index in [-0.39, 0.29) is 5.60 Å². The van der Waals surface area contributed by atoms with Crippen LogP contribution in [0.2, 0.25) is 0 Å². The number of ether oxygens (including phenoxy) is 1. The minimum absolute atomic E-state index is 0.280. The summed E-state index contributed by atoms with van der Waals surface area (Å²) in [6, 6.07) is 7.83. The molecular formula is C13H18N2O2. The van der Waals surface area contributed by atoms with Crippen LogP contribution < -0.4 is 10.6 Å². The number of hydrogen-bond donors (Lipinski definition) is 2. The standard InChI is InChI=1S/C13H18N2O2/c1-17-13(6-8-14-9-7-13)11-4-2-3-5-12(11)15-10-16/h2-5,10,14H,6-9H2,1H3,(H,15,16). The third-order valence-corrected chi connectivity index (χ3v) is 3.43. The Morgan fingerprint density at radius 2 is 2.06 bits per heavy atom. The number of benzene rings is 1. The van der Waals surface area contributed by atoms with Gasteiger partial charge in [0, 0.05) is 18.4 Å². The fourth-order valence-electron chi connectivity index (χ4n) is 2.48. The molecule has 1 aromatic rings. The summed E-state index contributed by atoms with van der Waals surface area (Å²) in [4.78, 5) is 10.6. The Bertz CT molecular complexity index is 387. The number of carbonyl (C=O) groups is 1. The molecule has 1 heterocycles. The van der Waals surface area contributed by atoms with Crippen LogP contribution >= 0.6 is 0 Å². The van der Waals surface area contributed by atoms with E-state index in [0.29, 0.717) is 6.41 Å². The molecule has 2 rings (SSSR count). The number of carbonyl (C=O) groups excluding carboxylic acids is 1. The van der Waals surface area contributed by atoms with Crippen molar-refractivity contribution in [2.24, 2.45) is 0 Å². The van der Waals surface area contributed by atoms with Gasteiger partial charge in [-0.2, -0.15) is 0 Å². The molecule has 1 saturated heterocycles. The lowest BCUT2D eigenvalue weighted by molar-refractivity contribution is -0.105. The van der Waals surface area contributed by atoms with Gasteiger partial charge in [-0.1, -0.05) is 18.2 Å². The Hall–Kier alpha value is -1.39. The zero-order valence-electron chi connectivity index (χ0n) is 10.0. The van der Waals surface area contributed by atoms with Gasteiger partial charge in [-0.15, -0.1) is 0 Å². The van der Waals surface area contributed by atoms with E-state index >= 15 is 0 Å². The maximum absolute atomic E-state index is 10.6. The van der Waals surface area contributed by atoms with Gasteiger partial charge in [0.25, 0.3) is 0 Å². The molecule has 17 heavy (non-hydrogen) atoms. The third kappa shape index (κ3) is 2.33. The van der Waals surface area contributed by atoms with Gasteiger partial charge in [-0.05, 0) is 32.0 Å². The Labute approximate surface area is 101 Å². The average molecular weight is 234 g/mol. The molecule has 0 bridgehead atoms. The zero-order chi connectivity index (χ0) is 12.1. The number of para-hydroxylation sites is 1. The SMILES string of the molecule is COC1(c2ccccc2NC=O)CCNCC1. The molecule has 2 N–H and O–H groups in total. The van der Waals surface area contributed by atoms with E-state index in [1.54, 1.807) is 7.11 Å². The maximum Gasteiger partial charge on any atom is 0.211 e.